The van der Waals surface area contributed by atoms with E-state index in [0.717, 1.165) is 26.6 Å². The minimum absolute atomic E-state index is 0.0926. The van der Waals surface area contributed by atoms with Crippen molar-refractivity contribution in [3.63, 3.8) is 0 Å². The Balaban J connectivity index is 1.58. The molecule has 0 saturated heterocycles. The van der Waals surface area contributed by atoms with Crippen molar-refractivity contribution in [1.29, 1.82) is 0 Å². The summed E-state index contributed by atoms with van der Waals surface area (Å²) in [4.78, 5) is 24.2. The zero-order chi connectivity index (χ0) is 20.4. The van der Waals surface area contributed by atoms with Gasteiger partial charge >= 0.3 is 0 Å². The highest BCUT2D eigenvalue weighted by Crippen LogP contribution is 2.30. The van der Waals surface area contributed by atoms with E-state index in [-0.39, 0.29) is 5.56 Å². The van der Waals surface area contributed by atoms with Crippen LogP contribution in [0.15, 0.2) is 59.4 Å². The van der Waals surface area contributed by atoms with E-state index in [9.17, 15) is 4.79 Å². The van der Waals surface area contributed by atoms with E-state index in [2.05, 4.69) is 22.9 Å². The lowest BCUT2D eigenvalue weighted by molar-refractivity contribution is 0.302. The fourth-order valence-electron chi connectivity index (χ4n) is 3.43. The number of aryl methyl sites for hydroxylation is 1. The number of rotatable bonds is 6. The molecular formula is C23H23N3O2S. The van der Waals surface area contributed by atoms with Gasteiger partial charge in [-0.05, 0) is 31.7 Å². The summed E-state index contributed by atoms with van der Waals surface area (Å²) in [6, 6.07) is 18.1. The summed E-state index contributed by atoms with van der Waals surface area (Å²) in [5.74, 6) is 1.53. The first-order valence-corrected chi connectivity index (χ1v) is 10.3. The molecule has 0 fully saturated rings. The van der Waals surface area contributed by atoms with E-state index in [4.69, 9.17) is 9.72 Å². The van der Waals surface area contributed by atoms with Gasteiger partial charge in [0.25, 0.3) is 5.56 Å². The van der Waals surface area contributed by atoms with Crippen molar-refractivity contribution >= 4 is 21.6 Å². The zero-order valence-corrected chi connectivity index (χ0v) is 17.5. The molecule has 29 heavy (non-hydrogen) atoms. The number of hydrogen-bond donors (Lipinski definition) is 1. The van der Waals surface area contributed by atoms with Crippen LogP contribution in [0.3, 0.4) is 0 Å². The molecule has 2 heterocycles. The van der Waals surface area contributed by atoms with Gasteiger partial charge in [-0.1, -0.05) is 48.0 Å². The number of thiophene rings is 1. The molecule has 1 N–H and O–H groups in total. The molecule has 5 nitrogen and oxygen atoms in total. The average molecular weight is 406 g/mol. The number of aromatic nitrogens is 2. The van der Waals surface area contributed by atoms with Crippen LogP contribution < -0.4 is 10.3 Å². The molecule has 0 radical (unpaired) electrons. The summed E-state index contributed by atoms with van der Waals surface area (Å²) >= 11 is 1.55. The summed E-state index contributed by atoms with van der Waals surface area (Å²) < 4.78 is 5.47. The van der Waals surface area contributed by atoms with Gasteiger partial charge in [-0.3, -0.25) is 9.69 Å². The molecule has 4 aromatic rings. The van der Waals surface area contributed by atoms with Crippen molar-refractivity contribution in [1.82, 2.24) is 14.9 Å². The number of nitrogens with zero attached hydrogens (tertiary/aromatic N) is 2. The molecule has 0 bridgehead atoms. The van der Waals surface area contributed by atoms with Crippen LogP contribution in [0.5, 0.6) is 5.75 Å². The van der Waals surface area contributed by atoms with Gasteiger partial charge in [-0.2, -0.15) is 0 Å². The van der Waals surface area contributed by atoms with Gasteiger partial charge in [0.1, 0.15) is 16.4 Å². The van der Waals surface area contributed by atoms with Gasteiger partial charge in [-0.15, -0.1) is 11.3 Å². The Morgan fingerprint density at radius 3 is 2.66 bits per heavy atom. The van der Waals surface area contributed by atoms with Crippen LogP contribution in [0.4, 0.5) is 0 Å². The molecule has 0 aliphatic rings. The lowest BCUT2D eigenvalue weighted by Gasteiger charge is -2.18. The van der Waals surface area contributed by atoms with Crippen molar-refractivity contribution in [2.24, 2.45) is 0 Å². The van der Waals surface area contributed by atoms with E-state index in [1.165, 1.54) is 5.56 Å². The van der Waals surface area contributed by atoms with Crippen LogP contribution in [0.2, 0.25) is 0 Å². The van der Waals surface area contributed by atoms with Crippen LogP contribution in [0.25, 0.3) is 20.7 Å². The molecule has 6 heteroatoms. The van der Waals surface area contributed by atoms with Crippen molar-refractivity contribution in [3.05, 3.63) is 81.9 Å². The Morgan fingerprint density at radius 2 is 1.90 bits per heavy atom. The topological polar surface area (TPSA) is 58.2 Å². The van der Waals surface area contributed by atoms with E-state index in [0.29, 0.717) is 24.3 Å². The van der Waals surface area contributed by atoms with Gasteiger partial charge < -0.3 is 9.72 Å². The number of nitrogens with one attached hydrogen (secondary N) is 1. The van der Waals surface area contributed by atoms with Crippen LogP contribution in [0.1, 0.15) is 17.0 Å². The van der Waals surface area contributed by atoms with Crippen LogP contribution in [-0.4, -0.2) is 29.0 Å². The maximum absolute atomic E-state index is 12.6. The molecule has 2 aromatic heterocycles. The third-order valence-corrected chi connectivity index (χ3v) is 5.88. The lowest BCUT2D eigenvalue weighted by atomic mass is 10.1. The lowest BCUT2D eigenvalue weighted by Crippen LogP contribution is -2.21. The fraction of sp³-hybridized carbons (Fsp3) is 0.217. The first-order valence-electron chi connectivity index (χ1n) is 9.43. The molecule has 0 amide bonds. The Labute approximate surface area is 173 Å². The van der Waals surface area contributed by atoms with Gasteiger partial charge in [0.2, 0.25) is 0 Å². The predicted molar refractivity (Wildman–Crippen MR) is 119 cm³/mol. The molecule has 0 aliphatic carbocycles. The summed E-state index contributed by atoms with van der Waals surface area (Å²) in [5.41, 5.74) is 3.31. The van der Waals surface area contributed by atoms with Crippen molar-refractivity contribution in [2.45, 2.75) is 20.0 Å². The molecule has 0 spiro atoms. The fourth-order valence-corrected chi connectivity index (χ4v) is 4.49. The largest absolute Gasteiger partial charge is 0.496 e. The number of methoxy groups -OCH3 is 1. The number of aromatic amines is 1. The second kappa shape index (κ2) is 8.19. The van der Waals surface area contributed by atoms with Crippen molar-refractivity contribution in [3.8, 4) is 16.2 Å². The Hall–Kier alpha value is -2.96. The molecule has 148 valence electrons. The van der Waals surface area contributed by atoms with E-state index in [1.807, 2.05) is 55.6 Å². The number of H-pyrrole nitrogens is 1. The molecule has 0 atom stereocenters. The molecular weight excluding hydrogens is 382 g/mol. The van der Waals surface area contributed by atoms with Gasteiger partial charge in [0, 0.05) is 17.0 Å². The first-order chi connectivity index (χ1) is 14.0. The molecule has 0 unspecified atom stereocenters. The number of hydrogen-bond acceptors (Lipinski definition) is 5. The van der Waals surface area contributed by atoms with Crippen molar-refractivity contribution < 1.29 is 4.74 Å². The second-order valence-corrected chi connectivity index (χ2v) is 8.23. The molecule has 0 aliphatic heterocycles. The molecule has 4 rings (SSSR count). The average Bonchev–Trinajstić information content (AvgIpc) is 3.13. The minimum Gasteiger partial charge on any atom is -0.496 e. The number of fused-ring (bicyclic) bond motifs is 1. The summed E-state index contributed by atoms with van der Waals surface area (Å²) in [6.07, 6.45) is 0. The zero-order valence-electron chi connectivity index (χ0n) is 16.7. The highest BCUT2D eigenvalue weighted by Gasteiger charge is 2.13. The summed E-state index contributed by atoms with van der Waals surface area (Å²) in [6.45, 7) is 3.31. The maximum atomic E-state index is 12.6. The quantitative estimate of drug-likeness (QED) is 0.509. The predicted octanol–water partition coefficient (Wildman–Crippen LogP) is 4.60. The van der Waals surface area contributed by atoms with Crippen LogP contribution >= 0.6 is 11.3 Å². The monoisotopic (exact) mass is 405 g/mol. The summed E-state index contributed by atoms with van der Waals surface area (Å²) in [7, 11) is 3.69. The van der Waals surface area contributed by atoms with Crippen LogP contribution in [-0.2, 0) is 13.1 Å². The number of benzene rings is 2. The van der Waals surface area contributed by atoms with Gasteiger partial charge in [-0.25, -0.2) is 4.98 Å². The SMILES string of the molecule is COc1ccc(C)cc1CN(C)Cc1nc2sc(-c3ccccc3)cc2c(=O)[nH]1. The third-order valence-electron chi connectivity index (χ3n) is 4.81. The Morgan fingerprint density at radius 1 is 1.10 bits per heavy atom. The number of ether oxygens (including phenoxy) is 1. The van der Waals surface area contributed by atoms with Gasteiger partial charge in [0.05, 0.1) is 19.0 Å². The normalized spacial score (nSPS) is 11.3. The highest BCUT2D eigenvalue weighted by molar-refractivity contribution is 7.21. The molecule has 2 aromatic carbocycles. The standard InChI is InChI=1S/C23H23N3O2S/c1-15-9-10-19(28-3)17(11-15)13-26(2)14-21-24-22(27)18-12-20(29-23(18)25-21)16-7-5-4-6-8-16/h4-12H,13-14H2,1-3H3,(H,24,25,27). The minimum atomic E-state index is -0.0926. The first kappa shape index (κ1) is 19.4. The van der Waals surface area contributed by atoms with E-state index < -0.39 is 0 Å². The van der Waals surface area contributed by atoms with E-state index in [1.54, 1.807) is 18.4 Å². The molecule has 0 saturated carbocycles. The van der Waals surface area contributed by atoms with Crippen molar-refractivity contribution in [2.75, 3.05) is 14.2 Å². The van der Waals surface area contributed by atoms with Crippen LogP contribution in [0, 0.1) is 6.92 Å². The van der Waals surface area contributed by atoms with E-state index >= 15 is 0 Å². The Bertz CT molecular complexity index is 1200. The smallest absolute Gasteiger partial charge is 0.259 e. The Kier molecular flexibility index (Phi) is 5.47. The maximum Gasteiger partial charge on any atom is 0.259 e. The highest BCUT2D eigenvalue weighted by atomic mass is 32.1. The van der Waals surface area contributed by atoms with Gasteiger partial charge in [0.15, 0.2) is 0 Å². The third kappa shape index (κ3) is 4.23. The summed E-state index contributed by atoms with van der Waals surface area (Å²) in [5, 5.41) is 0.639. The second-order valence-electron chi connectivity index (χ2n) is 7.20.